The molecular weight excluding hydrogens is 305 g/mol. The standard InChI is InChI=1S/C11H13BrFN3O2/c1-2-16(6-9(14)15-18)11(17)7-4-3-5-8(12)10(7)13/h3-5,18H,2,6H2,1H3,(H2,14,15). The quantitative estimate of drug-likeness (QED) is 0.384. The van der Waals surface area contributed by atoms with Crippen LogP contribution in [-0.2, 0) is 0 Å². The van der Waals surface area contributed by atoms with Crippen LogP contribution in [0.2, 0.25) is 0 Å². The molecule has 1 amide bonds. The molecule has 5 nitrogen and oxygen atoms in total. The number of benzene rings is 1. The summed E-state index contributed by atoms with van der Waals surface area (Å²) in [7, 11) is 0. The lowest BCUT2D eigenvalue weighted by atomic mass is 10.2. The van der Waals surface area contributed by atoms with E-state index in [1.807, 2.05) is 0 Å². The maximum absolute atomic E-state index is 13.8. The Balaban J connectivity index is 3.00. The van der Waals surface area contributed by atoms with E-state index in [-0.39, 0.29) is 22.4 Å². The van der Waals surface area contributed by atoms with E-state index in [1.165, 1.54) is 17.0 Å². The Bertz CT molecular complexity index is 479. The summed E-state index contributed by atoms with van der Waals surface area (Å²) in [6.45, 7) is 1.98. The third-order valence-electron chi connectivity index (χ3n) is 2.33. The van der Waals surface area contributed by atoms with Crippen molar-refractivity contribution in [2.45, 2.75) is 6.92 Å². The Labute approximate surface area is 112 Å². The molecule has 0 aliphatic heterocycles. The SMILES string of the molecule is CCN(C/C(N)=N/O)C(=O)c1cccc(Br)c1F. The normalized spacial score (nSPS) is 11.4. The number of likely N-dealkylation sites (N-methyl/N-ethyl adjacent to an activating group) is 1. The predicted octanol–water partition coefficient (Wildman–Crippen LogP) is 1.80. The van der Waals surface area contributed by atoms with Crippen LogP contribution in [0, 0.1) is 5.82 Å². The first kappa shape index (κ1) is 14.4. The van der Waals surface area contributed by atoms with E-state index >= 15 is 0 Å². The fourth-order valence-corrected chi connectivity index (χ4v) is 1.76. The molecular formula is C11H13BrFN3O2. The van der Waals surface area contributed by atoms with Crippen molar-refractivity contribution < 1.29 is 14.4 Å². The van der Waals surface area contributed by atoms with E-state index in [1.54, 1.807) is 13.0 Å². The molecule has 1 aromatic carbocycles. The van der Waals surface area contributed by atoms with E-state index in [4.69, 9.17) is 10.9 Å². The van der Waals surface area contributed by atoms with Crippen LogP contribution >= 0.6 is 15.9 Å². The zero-order valence-electron chi connectivity index (χ0n) is 9.73. The summed E-state index contributed by atoms with van der Waals surface area (Å²) in [6.07, 6.45) is 0. The fourth-order valence-electron chi connectivity index (χ4n) is 1.39. The van der Waals surface area contributed by atoms with E-state index in [0.717, 1.165) is 0 Å². The van der Waals surface area contributed by atoms with Crippen LogP contribution in [0.5, 0.6) is 0 Å². The number of carbonyl (C=O) groups is 1. The second-order valence-electron chi connectivity index (χ2n) is 3.51. The van der Waals surface area contributed by atoms with E-state index in [9.17, 15) is 9.18 Å². The number of nitrogens with two attached hydrogens (primary N) is 1. The van der Waals surface area contributed by atoms with E-state index in [0.29, 0.717) is 6.54 Å². The van der Waals surface area contributed by atoms with Crippen molar-refractivity contribution in [3.8, 4) is 0 Å². The summed E-state index contributed by atoms with van der Waals surface area (Å²) in [5, 5.41) is 11.3. The van der Waals surface area contributed by atoms with Crippen LogP contribution in [0.4, 0.5) is 4.39 Å². The topological polar surface area (TPSA) is 78.9 Å². The molecule has 0 aliphatic rings. The fraction of sp³-hybridized carbons (Fsp3) is 0.273. The molecule has 0 unspecified atom stereocenters. The number of amides is 1. The van der Waals surface area contributed by atoms with Gasteiger partial charge in [-0.3, -0.25) is 4.79 Å². The number of hydrogen-bond acceptors (Lipinski definition) is 3. The minimum absolute atomic E-state index is 0.0578. The van der Waals surface area contributed by atoms with Crippen LogP contribution in [0.1, 0.15) is 17.3 Å². The molecule has 0 bridgehead atoms. The van der Waals surface area contributed by atoms with Gasteiger partial charge >= 0.3 is 0 Å². The molecule has 1 rings (SSSR count). The van der Waals surface area contributed by atoms with Crippen molar-refractivity contribution in [1.82, 2.24) is 4.90 Å². The Kier molecular flexibility index (Phi) is 5.08. The summed E-state index contributed by atoms with van der Waals surface area (Å²) in [4.78, 5) is 13.4. The largest absolute Gasteiger partial charge is 0.409 e. The van der Waals surface area contributed by atoms with Crippen molar-refractivity contribution in [3.05, 3.63) is 34.1 Å². The maximum atomic E-state index is 13.8. The minimum atomic E-state index is -0.625. The molecule has 0 fully saturated rings. The Hall–Kier alpha value is -1.63. The highest BCUT2D eigenvalue weighted by Gasteiger charge is 2.20. The second kappa shape index (κ2) is 6.34. The number of rotatable bonds is 4. The number of carbonyl (C=O) groups excluding carboxylic acids is 1. The lowest BCUT2D eigenvalue weighted by Crippen LogP contribution is -2.38. The summed E-state index contributed by atoms with van der Waals surface area (Å²) in [5.74, 6) is -1.25. The van der Waals surface area contributed by atoms with Gasteiger partial charge in [0.15, 0.2) is 5.84 Å². The van der Waals surface area contributed by atoms with Crippen molar-refractivity contribution in [3.63, 3.8) is 0 Å². The molecule has 98 valence electrons. The number of nitrogens with zero attached hydrogens (tertiary/aromatic N) is 2. The molecule has 18 heavy (non-hydrogen) atoms. The zero-order chi connectivity index (χ0) is 13.7. The molecule has 3 N–H and O–H groups in total. The van der Waals surface area contributed by atoms with Crippen LogP contribution in [0.25, 0.3) is 0 Å². The van der Waals surface area contributed by atoms with E-state index in [2.05, 4.69) is 21.1 Å². The third-order valence-corrected chi connectivity index (χ3v) is 2.94. The van der Waals surface area contributed by atoms with Crippen LogP contribution in [0.15, 0.2) is 27.8 Å². The second-order valence-corrected chi connectivity index (χ2v) is 4.37. The minimum Gasteiger partial charge on any atom is -0.409 e. The van der Waals surface area contributed by atoms with Crippen molar-refractivity contribution in [2.24, 2.45) is 10.9 Å². The average Bonchev–Trinajstić information content (AvgIpc) is 2.38. The molecule has 7 heteroatoms. The maximum Gasteiger partial charge on any atom is 0.257 e. The summed E-state index contributed by atoms with van der Waals surface area (Å²) in [5.41, 5.74) is 5.28. The molecule has 0 aliphatic carbocycles. The first-order valence-electron chi connectivity index (χ1n) is 5.21. The summed E-state index contributed by atoms with van der Waals surface area (Å²) >= 11 is 3.02. The van der Waals surface area contributed by atoms with Gasteiger partial charge in [0.05, 0.1) is 16.6 Å². The van der Waals surface area contributed by atoms with Gasteiger partial charge in [-0.2, -0.15) is 0 Å². The number of hydrogen-bond donors (Lipinski definition) is 2. The van der Waals surface area contributed by atoms with Crippen molar-refractivity contribution in [1.29, 1.82) is 0 Å². The van der Waals surface area contributed by atoms with Gasteiger partial charge in [0, 0.05) is 6.54 Å². The van der Waals surface area contributed by atoms with Gasteiger partial charge in [-0.15, -0.1) is 0 Å². The summed E-state index contributed by atoms with van der Waals surface area (Å²) < 4.78 is 14.0. The highest BCUT2D eigenvalue weighted by Crippen LogP contribution is 2.19. The zero-order valence-corrected chi connectivity index (χ0v) is 11.3. The van der Waals surface area contributed by atoms with Gasteiger partial charge in [-0.25, -0.2) is 4.39 Å². The van der Waals surface area contributed by atoms with Crippen LogP contribution in [0.3, 0.4) is 0 Å². The van der Waals surface area contributed by atoms with Gasteiger partial charge in [0.2, 0.25) is 0 Å². The third kappa shape index (κ3) is 3.19. The Morgan fingerprint density at radius 3 is 2.83 bits per heavy atom. The lowest BCUT2D eigenvalue weighted by Gasteiger charge is -2.20. The predicted molar refractivity (Wildman–Crippen MR) is 69.1 cm³/mol. The number of amidine groups is 1. The molecule has 0 radical (unpaired) electrons. The summed E-state index contributed by atoms with van der Waals surface area (Å²) in [6, 6.07) is 4.46. The number of oxime groups is 1. The molecule has 0 saturated heterocycles. The molecule has 0 atom stereocenters. The van der Waals surface area contributed by atoms with Gasteiger partial charge in [0.25, 0.3) is 5.91 Å². The molecule has 0 spiro atoms. The molecule has 1 aromatic rings. The average molecular weight is 318 g/mol. The van der Waals surface area contributed by atoms with Crippen molar-refractivity contribution in [2.75, 3.05) is 13.1 Å². The van der Waals surface area contributed by atoms with Crippen LogP contribution < -0.4 is 5.73 Å². The first-order chi connectivity index (χ1) is 8.51. The number of halogens is 2. The molecule has 0 saturated carbocycles. The lowest BCUT2D eigenvalue weighted by molar-refractivity contribution is 0.0781. The Morgan fingerprint density at radius 1 is 1.61 bits per heavy atom. The first-order valence-corrected chi connectivity index (χ1v) is 6.00. The van der Waals surface area contributed by atoms with Crippen molar-refractivity contribution >= 4 is 27.7 Å². The van der Waals surface area contributed by atoms with Gasteiger partial charge in [-0.1, -0.05) is 11.2 Å². The molecule has 0 aromatic heterocycles. The highest BCUT2D eigenvalue weighted by atomic mass is 79.9. The van der Waals surface area contributed by atoms with Gasteiger partial charge in [-0.05, 0) is 35.0 Å². The van der Waals surface area contributed by atoms with Gasteiger partial charge in [0.1, 0.15) is 5.82 Å². The highest BCUT2D eigenvalue weighted by molar-refractivity contribution is 9.10. The van der Waals surface area contributed by atoms with E-state index < -0.39 is 11.7 Å². The Morgan fingerprint density at radius 2 is 2.28 bits per heavy atom. The smallest absolute Gasteiger partial charge is 0.257 e. The van der Waals surface area contributed by atoms with Crippen LogP contribution in [-0.4, -0.2) is 34.9 Å². The monoisotopic (exact) mass is 317 g/mol. The molecule has 0 heterocycles. The van der Waals surface area contributed by atoms with Gasteiger partial charge < -0.3 is 15.8 Å².